The standard InChI is InChI=1S/C12H15NO2/c1-3-10(13-2)6-9-4-5-11-12(7-9)15-8-14-11/h3-5,7,10,13H,1,6,8H2,2H3. The van der Waals surface area contributed by atoms with Crippen molar-refractivity contribution in [2.75, 3.05) is 13.8 Å². The minimum atomic E-state index is 0.297. The lowest BCUT2D eigenvalue weighted by molar-refractivity contribution is 0.174. The number of ether oxygens (including phenoxy) is 2. The number of fused-ring (bicyclic) bond motifs is 1. The monoisotopic (exact) mass is 205 g/mol. The topological polar surface area (TPSA) is 30.5 Å². The summed E-state index contributed by atoms with van der Waals surface area (Å²) in [5, 5.41) is 3.18. The molecule has 1 aliphatic heterocycles. The third-order valence-corrected chi connectivity index (χ3v) is 2.55. The number of rotatable bonds is 4. The second-order valence-electron chi connectivity index (χ2n) is 3.52. The van der Waals surface area contributed by atoms with Crippen molar-refractivity contribution in [3.05, 3.63) is 36.4 Å². The molecule has 0 aromatic heterocycles. The number of benzene rings is 1. The van der Waals surface area contributed by atoms with E-state index < -0.39 is 0 Å². The molecule has 1 aromatic rings. The highest BCUT2D eigenvalue weighted by Gasteiger charge is 2.13. The molecule has 80 valence electrons. The van der Waals surface area contributed by atoms with Crippen molar-refractivity contribution in [1.29, 1.82) is 0 Å². The summed E-state index contributed by atoms with van der Waals surface area (Å²) in [4.78, 5) is 0. The number of likely N-dealkylation sites (N-methyl/N-ethyl adjacent to an activating group) is 1. The van der Waals surface area contributed by atoms with Crippen molar-refractivity contribution in [2.45, 2.75) is 12.5 Å². The molecular formula is C12H15NO2. The van der Waals surface area contributed by atoms with Crippen LogP contribution in [0, 0.1) is 0 Å². The molecule has 0 spiro atoms. The zero-order chi connectivity index (χ0) is 10.7. The molecule has 0 saturated carbocycles. The van der Waals surface area contributed by atoms with Crippen LogP contribution in [-0.2, 0) is 6.42 Å². The quantitative estimate of drug-likeness (QED) is 0.759. The van der Waals surface area contributed by atoms with Gasteiger partial charge in [0.15, 0.2) is 11.5 Å². The van der Waals surface area contributed by atoms with E-state index in [0.717, 1.165) is 17.9 Å². The Morgan fingerprint density at radius 1 is 1.47 bits per heavy atom. The van der Waals surface area contributed by atoms with Crippen LogP contribution in [0.3, 0.4) is 0 Å². The van der Waals surface area contributed by atoms with E-state index in [2.05, 4.69) is 18.0 Å². The SMILES string of the molecule is C=CC(Cc1ccc2c(c1)OCO2)NC. The van der Waals surface area contributed by atoms with Crippen molar-refractivity contribution >= 4 is 0 Å². The van der Waals surface area contributed by atoms with Gasteiger partial charge in [-0.1, -0.05) is 12.1 Å². The molecule has 1 heterocycles. The summed E-state index contributed by atoms with van der Waals surface area (Å²) in [6.07, 6.45) is 2.82. The summed E-state index contributed by atoms with van der Waals surface area (Å²) in [5.41, 5.74) is 1.22. The summed E-state index contributed by atoms with van der Waals surface area (Å²) in [7, 11) is 1.93. The second-order valence-corrected chi connectivity index (χ2v) is 3.52. The summed E-state index contributed by atoms with van der Waals surface area (Å²) in [5.74, 6) is 1.67. The van der Waals surface area contributed by atoms with E-state index in [1.807, 2.05) is 25.3 Å². The Balaban J connectivity index is 2.12. The third-order valence-electron chi connectivity index (χ3n) is 2.55. The van der Waals surface area contributed by atoms with Gasteiger partial charge in [-0.15, -0.1) is 6.58 Å². The molecule has 1 aromatic carbocycles. The number of hydrogen-bond donors (Lipinski definition) is 1. The molecule has 0 amide bonds. The zero-order valence-electron chi connectivity index (χ0n) is 8.82. The third kappa shape index (κ3) is 2.13. The maximum atomic E-state index is 5.32. The average molecular weight is 205 g/mol. The molecule has 3 heteroatoms. The van der Waals surface area contributed by atoms with Crippen molar-refractivity contribution in [3.63, 3.8) is 0 Å². The van der Waals surface area contributed by atoms with Gasteiger partial charge in [0.05, 0.1) is 0 Å². The molecule has 0 radical (unpaired) electrons. The molecule has 0 aliphatic carbocycles. The van der Waals surface area contributed by atoms with Crippen LogP contribution in [0.15, 0.2) is 30.9 Å². The van der Waals surface area contributed by atoms with Crippen molar-refractivity contribution in [3.8, 4) is 11.5 Å². The van der Waals surface area contributed by atoms with Gasteiger partial charge < -0.3 is 14.8 Å². The highest BCUT2D eigenvalue weighted by molar-refractivity contribution is 5.44. The van der Waals surface area contributed by atoms with Crippen molar-refractivity contribution in [2.24, 2.45) is 0 Å². The van der Waals surface area contributed by atoms with Gasteiger partial charge >= 0.3 is 0 Å². The smallest absolute Gasteiger partial charge is 0.231 e. The molecule has 2 rings (SSSR count). The fourth-order valence-corrected chi connectivity index (χ4v) is 1.63. The first kappa shape index (κ1) is 10.1. The van der Waals surface area contributed by atoms with Gasteiger partial charge in [0, 0.05) is 6.04 Å². The van der Waals surface area contributed by atoms with E-state index in [9.17, 15) is 0 Å². The summed E-state index contributed by atoms with van der Waals surface area (Å²) >= 11 is 0. The number of nitrogens with one attached hydrogen (secondary N) is 1. The van der Waals surface area contributed by atoms with Gasteiger partial charge in [-0.25, -0.2) is 0 Å². The van der Waals surface area contributed by atoms with E-state index in [4.69, 9.17) is 9.47 Å². The second kappa shape index (κ2) is 4.36. The lowest BCUT2D eigenvalue weighted by atomic mass is 10.1. The first-order valence-electron chi connectivity index (χ1n) is 5.02. The molecule has 1 unspecified atom stereocenters. The van der Waals surface area contributed by atoms with E-state index in [-0.39, 0.29) is 0 Å². The first-order valence-corrected chi connectivity index (χ1v) is 5.02. The van der Waals surface area contributed by atoms with Crippen LogP contribution < -0.4 is 14.8 Å². The van der Waals surface area contributed by atoms with Gasteiger partial charge in [-0.3, -0.25) is 0 Å². The maximum Gasteiger partial charge on any atom is 0.231 e. The van der Waals surface area contributed by atoms with Crippen LogP contribution in [0.5, 0.6) is 11.5 Å². The minimum absolute atomic E-state index is 0.297. The minimum Gasteiger partial charge on any atom is -0.454 e. The summed E-state index contributed by atoms with van der Waals surface area (Å²) in [6, 6.07) is 6.33. The Bertz CT molecular complexity index is 363. The van der Waals surface area contributed by atoms with Gasteiger partial charge in [-0.2, -0.15) is 0 Å². The highest BCUT2D eigenvalue weighted by atomic mass is 16.7. The Labute approximate surface area is 89.7 Å². The average Bonchev–Trinajstić information content (AvgIpc) is 2.73. The summed E-state index contributed by atoms with van der Waals surface area (Å²) in [6.45, 7) is 4.11. The van der Waals surface area contributed by atoms with Crippen LogP contribution in [0.25, 0.3) is 0 Å². The molecule has 0 fully saturated rings. The molecule has 1 aliphatic rings. The van der Waals surface area contributed by atoms with E-state index in [1.54, 1.807) is 0 Å². The largest absolute Gasteiger partial charge is 0.454 e. The Morgan fingerprint density at radius 3 is 3.00 bits per heavy atom. The number of hydrogen-bond acceptors (Lipinski definition) is 3. The maximum absolute atomic E-state index is 5.32. The van der Waals surface area contributed by atoms with Crippen LogP contribution >= 0.6 is 0 Å². The lowest BCUT2D eigenvalue weighted by Gasteiger charge is -2.11. The highest BCUT2D eigenvalue weighted by Crippen LogP contribution is 2.32. The van der Waals surface area contributed by atoms with E-state index >= 15 is 0 Å². The van der Waals surface area contributed by atoms with Crippen molar-refractivity contribution < 1.29 is 9.47 Å². The molecule has 0 bridgehead atoms. The van der Waals surface area contributed by atoms with E-state index in [0.29, 0.717) is 12.8 Å². The fourth-order valence-electron chi connectivity index (χ4n) is 1.63. The van der Waals surface area contributed by atoms with Gasteiger partial charge in [-0.05, 0) is 31.2 Å². The molecule has 0 saturated heterocycles. The molecule has 1 atom stereocenters. The summed E-state index contributed by atoms with van der Waals surface area (Å²) < 4.78 is 10.6. The zero-order valence-corrected chi connectivity index (χ0v) is 8.82. The predicted molar refractivity (Wildman–Crippen MR) is 59.3 cm³/mol. The normalized spacial score (nSPS) is 15.0. The molecular weight excluding hydrogens is 190 g/mol. The molecule has 1 N–H and O–H groups in total. The lowest BCUT2D eigenvalue weighted by Crippen LogP contribution is -2.24. The first-order chi connectivity index (χ1) is 7.33. The Hall–Kier alpha value is -1.48. The Kier molecular flexibility index (Phi) is 2.92. The predicted octanol–water partition coefficient (Wildman–Crippen LogP) is 1.73. The van der Waals surface area contributed by atoms with Gasteiger partial charge in [0.1, 0.15) is 0 Å². The Morgan fingerprint density at radius 2 is 2.27 bits per heavy atom. The molecule has 3 nitrogen and oxygen atoms in total. The van der Waals surface area contributed by atoms with Gasteiger partial charge in [0.25, 0.3) is 0 Å². The van der Waals surface area contributed by atoms with Gasteiger partial charge in [0.2, 0.25) is 6.79 Å². The van der Waals surface area contributed by atoms with Crippen LogP contribution in [0.2, 0.25) is 0 Å². The molecule has 15 heavy (non-hydrogen) atoms. The van der Waals surface area contributed by atoms with Crippen LogP contribution in [-0.4, -0.2) is 19.9 Å². The van der Waals surface area contributed by atoms with Crippen molar-refractivity contribution in [1.82, 2.24) is 5.32 Å². The van der Waals surface area contributed by atoms with E-state index in [1.165, 1.54) is 5.56 Å². The fraction of sp³-hybridized carbons (Fsp3) is 0.333. The van der Waals surface area contributed by atoms with Crippen LogP contribution in [0.1, 0.15) is 5.56 Å². The van der Waals surface area contributed by atoms with Crippen LogP contribution in [0.4, 0.5) is 0 Å².